The minimum Gasteiger partial charge on any atom is -0.376 e. The molecule has 0 radical (unpaired) electrons. The molecule has 2 aromatic heterocycles. The van der Waals surface area contributed by atoms with Gasteiger partial charge in [-0.15, -0.1) is 0 Å². The van der Waals surface area contributed by atoms with Gasteiger partial charge in [0, 0.05) is 32.4 Å². The zero-order chi connectivity index (χ0) is 21.8. The number of nitriles is 1. The smallest absolute Gasteiger partial charge is 0.267 e. The van der Waals surface area contributed by atoms with E-state index in [1.54, 1.807) is 12.3 Å². The highest BCUT2D eigenvalue weighted by Crippen LogP contribution is 2.23. The number of hydrogen-bond donors (Lipinski definition) is 1. The SMILES string of the molecule is Cc1cccn2c(=O)c(/C=C(\C#N)C(=O)NC[C@H]3CCCO3)c(N3CCCCC3)nc12. The number of carbonyl (C=O) groups is 1. The number of piperidine rings is 1. The molecular weight excluding hydrogens is 394 g/mol. The Morgan fingerprint density at radius 2 is 2.16 bits per heavy atom. The number of amides is 1. The summed E-state index contributed by atoms with van der Waals surface area (Å²) < 4.78 is 7.00. The van der Waals surface area contributed by atoms with Crippen LogP contribution in [0.1, 0.15) is 43.2 Å². The summed E-state index contributed by atoms with van der Waals surface area (Å²) in [6.45, 7) is 4.55. The first kappa shape index (κ1) is 21.1. The Kier molecular flexibility index (Phi) is 6.33. The van der Waals surface area contributed by atoms with Gasteiger partial charge in [-0.1, -0.05) is 6.07 Å². The summed E-state index contributed by atoms with van der Waals surface area (Å²) in [4.78, 5) is 32.9. The Balaban J connectivity index is 1.74. The average molecular weight is 422 g/mol. The summed E-state index contributed by atoms with van der Waals surface area (Å²) in [5.41, 5.74) is 1.36. The Bertz CT molecular complexity index is 1100. The summed E-state index contributed by atoms with van der Waals surface area (Å²) in [5, 5.41) is 12.4. The molecule has 2 saturated heterocycles. The van der Waals surface area contributed by atoms with Gasteiger partial charge in [0.25, 0.3) is 11.5 Å². The number of aromatic nitrogens is 2. The van der Waals surface area contributed by atoms with Crippen molar-refractivity contribution in [2.24, 2.45) is 0 Å². The van der Waals surface area contributed by atoms with Crippen molar-refractivity contribution in [3.63, 3.8) is 0 Å². The third-order valence-corrected chi connectivity index (χ3v) is 5.89. The van der Waals surface area contributed by atoms with E-state index in [1.165, 1.54) is 10.5 Å². The van der Waals surface area contributed by atoms with E-state index >= 15 is 0 Å². The van der Waals surface area contributed by atoms with Gasteiger partial charge in [0.05, 0.1) is 11.7 Å². The number of nitrogens with one attached hydrogen (secondary N) is 1. The highest BCUT2D eigenvalue weighted by molar-refractivity contribution is 6.02. The lowest BCUT2D eigenvalue weighted by molar-refractivity contribution is -0.117. The van der Waals surface area contributed by atoms with Crippen molar-refractivity contribution in [1.29, 1.82) is 5.26 Å². The Hall–Kier alpha value is -3.18. The molecule has 1 N–H and O–H groups in total. The molecule has 0 aliphatic carbocycles. The number of rotatable bonds is 5. The van der Waals surface area contributed by atoms with E-state index in [-0.39, 0.29) is 22.8 Å². The van der Waals surface area contributed by atoms with Gasteiger partial charge in [-0.2, -0.15) is 5.26 Å². The molecule has 0 bridgehead atoms. The van der Waals surface area contributed by atoms with E-state index < -0.39 is 5.91 Å². The molecule has 1 atom stereocenters. The van der Waals surface area contributed by atoms with Crippen LogP contribution in [0.25, 0.3) is 11.7 Å². The van der Waals surface area contributed by atoms with E-state index in [2.05, 4.69) is 10.2 Å². The quantitative estimate of drug-likeness (QED) is 0.587. The van der Waals surface area contributed by atoms with Crippen molar-refractivity contribution in [2.75, 3.05) is 31.1 Å². The predicted molar refractivity (Wildman–Crippen MR) is 118 cm³/mol. The second-order valence-electron chi connectivity index (χ2n) is 8.10. The van der Waals surface area contributed by atoms with Gasteiger partial charge in [0.2, 0.25) is 0 Å². The number of aryl methyl sites for hydroxylation is 1. The molecule has 2 aromatic rings. The van der Waals surface area contributed by atoms with Crippen molar-refractivity contribution in [1.82, 2.24) is 14.7 Å². The maximum Gasteiger partial charge on any atom is 0.267 e. The van der Waals surface area contributed by atoms with Crippen molar-refractivity contribution in [3.05, 3.63) is 45.4 Å². The molecule has 0 spiro atoms. The van der Waals surface area contributed by atoms with Crippen LogP contribution in [0, 0.1) is 18.3 Å². The highest BCUT2D eigenvalue weighted by atomic mass is 16.5. The largest absolute Gasteiger partial charge is 0.376 e. The van der Waals surface area contributed by atoms with E-state index in [9.17, 15) is 14.9 Å². The molecule has 0 unspecified atom stereocenters. The van der Waals surface area contributed by atoms with Crippen molar-refractivity contribution < 1.29 is 9.53 Å². The first-order chi connectivity index (χ1) is 15.1. The van der Waals surface area contributed by atoms with Gasteiger partial charge >= 0.3 is 0 Å². The maximum absolute atomic E-state index is 13.4. The van der Waals surface area contributed by atoms with Gasteiger partial charge in [-0.3, -0.25) is 14.0 Å². The number of carbonyl (C=O) groups excluding carboxylic acids is 1. The van der Waals surface area contributed by atoms with Gasteiger partial charge < -0.3 is 15.0 Å². The van der Waals surface area contributed by atoms with E-state index in [0.29, 0.717) is 24.6 Å². The topological polar surface area (TPSA) is 99.7 Å². The molecule has 1 amide bonds. The minimum atomic E-state index is -0.503. The van der Waals surface area contributed by atoms with Crippen LogP contribution >= 0.6 is 0 Å². The molecule has 8 nitrogen and oxygen atoms in total. The number of anilines is 1. The molecule has 4 heterocycles. The van der Waals surface area contributed by atoms with Crippen LogP contribution in [0.3, 0.4) is 0 Å². The fourth-order valence-electron chi connectivity index (χ4n) is 4.17. The number of pyridine rings is 1. The fourth-order valence-corrected chi connectivity index (χ4v) is 4.17. The summed E-state index contributed by atoms with van der Waals surface area (Å²) in [7, 11) is 0. The molecule has 162 valence electrons. The van der Waals surface area contributed by atoms with Crippen LogP contribution in [0.4, 0.5) is 5.82 Å². The lowest BCUT2D eigenvalue weighted by Crippen LogP contribution is -2.34. The van der Waals surface area contributed by atoms with Crippen LogP contribution in [0.15, 0.2) is 28.7 Å². The van der Waals surface area contributed by atoms with Crippen LogP contribution in [-0.2, 0) is 9.53 Å². The highest BCUT2D eigenvalue weighted by Gasteiger charge is 2.22. The lowest BCUT2D eigenvalue weighted by atomic mass is 10.1. The summed E-state index contributed by atoms with van der Waals surface area (Å²) in [6, 6.07) is 5.66. The van der Waals surface area contributed by atoms with Crippen molar-refractivity contribution in [3.8, 4) is 6.07 Å². The fraction of sp³-hybridized carbons (Fsp3) is 0.478. The van der Waals surface area contributed by atoms with Gasteiger partial charge in [-0.25, -0.2) is 4.98 Å². The van der Waals surface area contributed by atoms with E-state index in [1.807, 2.05) is 19.1 Å². The van der Waals surface area contributed by atoms with Gasteiger partial charge in [0.1, 0.15) is 23.1 Å². The van der Waals surface area contributed by atoms with E-state index in [4.69, 9.17) is 9.72 Å². The molecule has 8 heteroatoms. The number of ether oxygens (including phenoxy) is 1. The molecule has 31 heavy (non-hydrogen) atoms. The molecule has 0 saturated carbocycles. The zero-order valence-electron chi connectivity index (χ0n) is 17.8. The van der Waals surface area contributed by atoms with Crippen molar-refractivity contribution >= 4 is 23.4 Å². The van der Waals surface area contributed by atoms with Gasteiger partial charge in [-0.05, 0) is 56.7 Å². The second kappa shape index (κ2) is 9.31. The summed E-state index contributed by atoms with van der Waals surface area (Å²) in [5.74, 6) is 0.0370. The standard InChI is InChI=1S/C23H27N5O3/c1-16-7-5-11-28-20(16)26-21(27-9-3-2-4-10-27)19(23(28)30)13-17(14-24)22(29)25-15-18-8-6-12-31-18/h5,7,11,13,18H,2-4,6,8-10,12,15H2,1H3,(H,25,29)/b17-13+/t18-/m1/s1. The summed E-state index contributed by atoms with van der Waals surface area (Å²) in [6.07, 6.45) is 8.07. The third-order valence-electron chi connectivity index (χ3n) is 5.89. The maximum atomic E-state index is 13.4. The molecule has 0 aromatic carbocycles. The van der Waals surface area contributed by atoms with Crippen LogP contribution in [-0.4, -0.2) is 47.6 Å². The molecule has 2 fully saturated rings. The molecule has 2 aliphatic heterocycles. The van der Waals surface area contributed by atoms with Crippen molar-refractivity contribution in [2.45, 2.75) is 45.1 Å². The first-order valence-electron chi connectivity index (χ1n) is 10.9. The Labute approximate surface area is 181 Å². The van der Waals surface area contributed by atoms with E-state index in [0.717, 1.165) is 50.8 Å². The first-order valence-corrected chi connectivity index (χ1v) is 10.9. The third kappa shape index (κ3) is 4.47. The van der Waals surface area contributed by atoms with Crippen LogP contribution in [0.5, 0.6) is 0 Å². The Morgan fingerprint density at radius 1 is 1.35 bits per heavy atom. The minimum absolute atomic E-state index is 0.0243. The molecular formula is C23H27N5O3. The average Bonchev–Trinajstić information content (AvgIpc) is 3.31. The van der Waals surface area contributed by atoms with Crippen LogP contribution in [0.2, 0.25) is 0 Å². The second-order valence-corrected chi connectivity index (χ2v) is 8.10. The number of fused-ring (bicyclic) bond motifs is 1. The predicted octanol–water partition coefficient (Wildman–Crippen LogP) is 2.20. The van der Waals surface area contributed by atoms with Crippen LogP contribution < -0.4 is 15.8 Å². The summed E-state index contributed by atoms with van der Waals surface area (Å²) >= 11 is 0. The lowest BCUT2D eigenvalue weighted by Gasteiger charge is -2.29. The van der Waals surface area contributed by atoms with Gasteiger partial charge in [0.15, 0.2) is 0 Å². The molecule has 2 aliphatic rings. The monoisotopic (exact) mass is 421 g/mol. The zero-order valence-corrected chi connectivity index (χ0v) is 17.8. The normalized spacial score (nSPS) is 19.4. The Morgan fingerprint density at radius 3 is 2.87 bits per heavy atom. The number of nitrogens with zero attached hydrogens (tertiary/aromatic N) is 4. The molecule has 4 rings (SSSR count). The number of hydrogen-bond acceptors (Lipinski definition) is 6.